The van der Waals surface area contributed by atoms with E-state index < -0.39 is 0 Å². The van der Waals surface area contributed by atoms with E-state index in [9.17, 15) is 4.39 Å². The molecule has 96 valence electrons. The smallest absolute Gasteiger partial charge is 0.129 e. The number of nitrogens with one attached hydrogen (secondary N) is 1. The van der Waals surface area contributed by atoms with Crippen LogP contribution in [0, 0.1) is 5.82 Å². The molecule has 0 radical (unpaired) electrons. The first-order valence-corrected chi connectivity index (χ1v) is 6.23. The summed E-state index contributed by atoms with van der Waals surface area (Å²) in [6.45, 7) is 6.64. The van der Waals surface area contributed by atoms with Crippen molar-refractivity contribution in [2.24, 2.45) is 0 Å². The summed E-state index contributed by atoms with van der Waals surface area (Å²) in [5, 5.41) is 3.66. The van der Waals surface area contributed by atoms with Crippen LogP contribution >= 0.6 is 11.6 Å². The largest absolute Gasteiger partial charge is 0.311 e. The second-order valence-electron chi connectivity index (χ2n) is 4.49. The molecule has 0 aliphatic heterocycles. The van der Waals surface area contributed by atoms with Crippen molar-refractivity contribution >= 4 is 11.6 Å². The molecule has 0 aliphatic rings. The first-order valence-electron chi connectivity index (χ1n) is 5.85. The molecule has 1 aromatic rings. The lowest BCUT2D eigenvalue weighted by Gasteiger charge is -2.20. The Balaban J connectivity index is 2.31. The van der Waals surface area contributed by atoms with E-state index in [4.69, 9.17) is 11.6 Å². The van der Waals surface area contributed by atoms with E-state index in [1.165, 1.54) is 6.07 Å². The van der Waals surface area contributed by atoms with Crippen LogP contribution < -0.4 is 5.32 Å². The lowest BCUT2D eigenvalue weighted by molar-refractivity contribution is 0.273. The van der Waals surface area contributed by atoms with Gasteiger partial charge in [0.05, 0.1) is 0 Å². The van der Waals surface area contributed by atoms with Gasteiger partial charge in [-0.3, -0.25) is 0 Å². The van der Waals surface area contributed by atoms with Crippen LogP contribution in [-0.4, -0.2) is 31.1 Å². The van der Waals surface area contributed by atoms with Gasteiger partial charge in [0.15, 0.2) is 0 Å². The van der Waals surface area contributed by atoms with Crippen molar-refractivity contribution in [3.05, 3.63) is 34.6 Å². The fraction of sp³-hybridized carbons (Fsp3) is 0.538. The zero-order chi connectivity index (χ0) is 12.8. The Morgan fingerprint density at radius 1 is 1.41 bits per heavy atom. The molecule has 0 heterocycles. The van der Waals surface area contributed by atoms with Crippen LogP contribution in [0.3, 0.4) is 0 Å². The average molecular weight is 259 g/mol. The van der Waals surface area contributed by atoms with E-state index in [1.54, 1.807) is 12.1 Å². The predicted molar refractivity (Wildman–Crippen MR) is 70.9 cm³/mol. The Labute approximate surface area is 108 Å². The van der Waals surface area contributed by atoms with Crippen molar-refractivity contribution in [3.63, 3.8) is 0 Å². The van der Waals surface area contributed by atoms with E-state index in [0.29, 0.717) is 23.2 Å². The van der Waals surface area contributed by atoms with Gasteiger partial charge < -0.3 is 10.2 Å². The third kappa shape index (κ3) is 5.02. The molecule has 0 aliphatic carbocycles. The summed E-state index contributed by atoms with van der Waals surface area (Å²) in [5.41, 5.74) is 0.654. The standard InChI is InChI=1S/C13H20ClFN2/c1-10(2)17(3)7-6-16-9-11-4-5-12(14)8-13(11)15/h4-5,8,10,16H,6-7,9H2,1-3H3. The monoisotopic (exact) mass is 258 g/mol. The quantitative estimate of drug-likeness (QED) is 0.790. The average Bonchev–Trinajstić information content (AvgIpc) is 2.26. The lowest BCUT2D eigenvalue weighted by Crippen LogP contribution is -2.33. The topological polar surface area (TPSA) is 15.3 Å². The van der Waals surface area contributed by atoms with E-state index in [2.05, 4.69) is 31.1 Å². The summed E-state index contributed by atoms with van der Waals surface area (Å²) in [4.78, 5) is 2.24. The molecule has 0 saturated carbocycles. The summed E-state index contributed by atoms with van der Waals surface area (Å²) >= 11 is 5.69. The predicted octanol–water partition coefficient (Wildman–Crippen LogP) is 2.91. The van der Waals surface area contributed by atoms with Gasteiger partial charge in [0.25, 0.3) is 0 Å². The molecule has 1 N–H and O–H groups in total. The number of likely N-dealkylation sites (N-methyl/N-ethyl adjacent to an activating group) is 1. The van der Waals surface area contributed by atoms with Gasteiger partial charge in [-0.2, -0.15) is 0 Å². The van der Waals surface area contributed by atoms with E-state index in [-0.39, 0.29) is 5.82 Å². The van der Waals surface area contributed by atoms with Crippen molar-refractivity contribution < 1.29 is 4.39 Å². The zero-order valence-corrected chi connectivity index (χ0v) is 11.4. The second-order valence-corrected chi connectivity index (χ2v) is 4.92. The molecule has 4 heteroatoms. The SMILES string of the molecule is CC(C)N(C)CCNCc1ccc(Cl)cc1F. The third-order valence-corrected chi connectivity index (χ3v) is 3.09. The van der Waals surface area contributed by atoms with Crippen molar-refractivity contribution in [1.29, 1.82) is 0 Å². The van der Waals surface area contributed by atoms with Crippen molar-refractivity contribution in [2.75, 3.05) is 20.1 Å². The minimum absolute atomic E-state index is 0.248. The number of hydrogen-bond donors (Lipinski definition) is 1. The van der Waals surface area contributed by atoms with Crippen molar-refractivity contribution in [1.82, 2.24) is 10.2 Å². The van der Waals surface area contributed by atoms with Crippen LogP contribution in [0.5, 0.6) is 0 Å². The molecule has 0 saturated heterocycles. The van der Waals surface area contributed by atoms with Crippen LogP contribution in [0.25, 0.3) is 0 Å². The zero-order valence-electron chi connectivity index (χ0n) is 10.6. The van der Waals surface area contributed by atoms with Crippen LogP contribution in [0.15, 0.2) is 18.2 Å². The molecule has 0 bridgehead atoms. The fourth-order valence-electron chi connectivity index (χ4n) is 1.40. The first-order chi connectivity index (χ1) is 8.00. The van der Waals surface area contributed by atoms with E-state index >= 15 is 0 Å². The molecule has 0 aromatic heterocycles. The van der Waals surface area contributed by atoms with Gasteiger partial charge in [-0.05, 0) is 33.0 Å². The Hall–Kier alpha value is -0.640. The maximum atomic E-state index is 13.4. The molecule has 1 rings (SSSR count). The van der Waals surface area contributed by atoms with Gasteiger partial charge in [0.1, 0.15) is 5.82 Å². The summed E-state index contributed by atoms with van der Waals surface area (Å²) in [6, 6.07) is 5.31. The molecule has 1 aromatic carbocycles. The Morgan fingerprint density at radius 3 is 2.71 bits per heavy atom. The van der Waals surface area contributed by atoms with Gasteiger partial charge in [-0.1, -0.05) is 17.7 Å². The molecule has 0 fully saturated rings. The highest BCUT2D eigenvalue weighted by atomic mass is 35.5. The van der Waals surface area contributed by atoms with Gasteiger partial charge in [-0.25, -0.2) is 4.39 Å². The molecule has 17 heavy (non-hydrogen) atoms. The molecule has 0 unspecified atom stereocenters. The van der Waals surface area contributed by atoms with Crippen LogP contribution in [0.4, 0.5) is 4.39 Å². The number of hydrogen-bond acceptors (Lipinski definition) is 2. The Kier molecular flexibility index (Phi) is 5.89. The molecule has 0 amide bonds. The normalized spacial score (nSPS) is 11.5. The Morgan fingerprint density at radius 2 is 2.12 bits per heavy atom. The lowest BCUT2D eigenvalue weighted by atomic mass is 10.2. The summed E-state index contributed by atoms with van der Waals surface area (Å²) in [7, 11) is 2.08. The van der Waals surface area contributed by atoms with Gasteiger partial charge in [-0.15, -0.1) is 0 Å². The van der Waals surface area contributed by atoms with Crippen molar-refractivity contribution in [2.45, 2.75) is 26.4 Å². The Bertz CT molecular complexity index is 355. The maximum Gasteiger partial charge on any atom is 0.129 e. The highest BCUT2D eigenvalue weighted by Crippen LogP contribution is 2.14. The third-order valence-electron chi connectivity index (χ3n) is 2.85. The minimum Gasteiger partial charge on any atom is -0.311 e. The van der Waals surface area contributed by atoms with Crippen LogP contribution in [0.1, 0.15) is 19.4 Å². The van der Waals surface area contributed by atoms with Gasteiger partial charge in [0.2, 0.25) is 0 Å². The number of rotatable bonds is 6. The maximum absolute atomic E-state index is 13.4. The van der Waals surface area contributed by atoms with Crippen LogP contribution in [0.2, 0.25) is 5.02 Å². The molecule has 0 spiro atoms. The number of nitrogens with zero attached hydrogens (tertiary/aromatic N) is 1. The van der Waals surface area contributed by atoms with Crippen LogP contribution in [-0.2, 0) is 6.54 Å². The number of benzene rings is 1. The highest BCUT2D eigenvalue weighted by molar-refractivity contribution is 6.30. The van der Waals surface area contributed by atoms with Gasteiger partial charge >= 0.3 is 0 Å². The highest BCUT2D eigenvalue weighted by Gasteiger charge is 2.04. The van der Waals surface area contributed by atoms with E-state index in [0.717, 1.165) is 13.1 Å². The molecule has 0 atom stereocenters. The summed E-state index contributed by atoms with van der Waals surface area (Å²) < 4.78 is 13.4. The first kappa shape index (κ1) is 14.4. The molecule has 2 nitrogen and oxygen atoms in total. The molecular formula is C13H20ClFN2. The van der Waals surface area contributed by atoms with E-state index in [1.807, 2.05) is 0 Å². The summed E-state index contributed by atoms with van der Waals surface area (Å²) in [5.74, 6) is -0.248. The molecular weight excluding hydrogens is 239 g/mol. The van der Waals surface area contributed by atoms with Crippen molar-refractivity contribution in [3.8, 4) is 0 Å². The fourth-order valence-corrected chi connectivity index (χ4v) is 1.56. The second kappa shape index (κ2) is 6.94. The number of halogens is 2. The summed E-state index contributed by atoms with van der Waals surface area (Å²) in [6.07, 6.45) is 0. The van der Waals surface area contributed by atoms with Gasteiger partial charge in [0, 0.05) is 36.3 Å². The minimum atomic E-state index is -0.248.